The summed E-state index contributed by atoms with van der Waals surface area (Å²) in [7, 11) is 1.92. The first-order chi connectivity index (χ1) is 15.6. The van der Waals surface area contributed by atoms with Gasteiger partial charge in [-0.3, -0.25) is 0 Å². The highest BCUT2D eigenvalue weighted by Gasteiger charge is 2.21. The van der Waals surface area contributed by atoms with Gasteiger partial charge < -0.3 is 9.30 Å². The minimum atomic E-state index is -0.412. The number of benzene rings is 3. The van der Waals surface area contributed by atoms with Crippen LogP contribution < -0.4 is 0 Å². The molecule has 0 unspecified atom stereocenters. The van der Waals surface area contributed by atoms with Gasteiger partial charge in [-0.1, -0.05) is 48.5 Å². The first-order valence-electron chi connectivity index (χ1n) is 10.3. The smallest absolute Gasteiger partial charge is 0.124 e. The molecule has 0 N–H and O–H groups in total. The highest BCUT2D eigenvalue weighted by molar-refractivity contribution is 5.74. The second-order valence-electron chi connectivity index (χ2n) is 7.62. The Labute approximate surface area is 187 Å². The lowest BCUT2D eigenvalue weighted by molar-refractivity contribution is 0.0621. The summed E-state index contributed by atoms with van der Waals surface area (Å²) in [4.78, 5) is 4.26. The molecule has 5 heteroatoms. The molecule has 3 aromatic carbocycles. The SMILES string of the molecule is Cc1ccccc1-c1cc([C@@H](OCc2ccccc2C#N)c2cncn2C)ccc1C#N. The van der Waals surface area contributed by atoms with Gasteiger partial charge in [-0.2, -0.15) is 10.5 Å². The van der Waals surface area contributed by atoms with Gasteiger partial charge in [0.1, 0.15) is 6.10 Å². The normalized spacial score (nSPS) is 11.5. The van der Waals surface area contributed by atoms with Gasteiger partial charge in [-0.05, 0) is 47.4 Å². The van der Waals surface area contributed by atoms with Crippen LogP contribution in [0.5, 0.6) is 0 Å². The molecule has 0 radical (unpaired) electrons. The van der Waals surface area contributed by atoms with Gasteiger partial charge in [-0.25, -0.2) is 4.98 Å². The summed E-state index contributed by atoms with van der Waals surface area (Å²) < 4.78 is 8.30. The molecule has 0 aliphatic rings. The van der Waals surface area contributed by atoms with Crippen LogP contribution in [0.2, 0.25) is 0 Å². The quantitative estimate of drug-likeness (QED) is 0.418. The van der Waals surface area contributed by atoms with Crippen molar-refractivity contribution in [3.05, 3.63) is 113 Å². The Kier molecular flexibility index (Phi) is 6.12. The van der Waals surface area contributed by atoms with Gasteiger partial charge in [0.25, 0.3) is 0 Å². The first kappa shape index (κ1) is 21.1. The number of nitrogens with zero attached hydrogens (tertiary/aromatic N) is 4. The number of rotatable bonds is 6. The lowest BCUT2D eigenvalue weighted by atomic mass is 9.93. The van der Waals surface area contributed by atoms with Crippen LogP contribution in [0.25, 0.3) is 11.1 Å². The molecule has 4 rings (SSSR count). The van der Waals surface area contributed by atoms with Crippen molar-refractivity contribution >= 4 is 0 Å². The molecule has 0 saturated heterocycles. The van der Waals surface area contributed by atoms with E-state index in [1.807, 2.05) is 79.2 Å². The molecule has 0 aliphatic carbocycles. The molecule has 0 amide bonds. The van der Waals surface area contributed by atoms with E-state index >= 15 is 0 Å². The molecule has 1 aromatic heterocycles. The summed E-state index contributed by atoms with van der Waals surface area (Å²) in [5.74, 6) is 0. The number of imidazole rings is 1. The standard InChI is InChI=1S/C27H22N4O/c1-19-7-3-6-10-24(19)25-13-20(11-12-22(25)15-29)27(26-16-30-18-31(26)2)32-17-23-9-5-4-8-21(23)14-28/h3-13,16,18,27H,17H2,1-2H3/t27-/m1/s1. The Balaban J connectivity index is 1.78. The van der Waals surface area contributed by atoms with Crippen LogP contribution in [-0.2, 0) is 18.4 Å². The number of aryl methyl sites for hydroxylation is 2. The highest BCUT2D eigenvalue weighted by atomic mass is 16.5. The van der Waals surface area contributed by atoms with E-state index < -0.39 is 6.10 Å². The lowest BCUT2D eigenvalue weighted by Gasteiger charge is -2.21. The molecule has 156 valence electrons. The number of ether oxygens (including phenoxy) is 1. The maximum atomic E-state index is 9.71. The monoisotopic (exact) mass is 418 g/mol. The fraction of sp³-hybridized carbons (Fsp3) is 0.148. The summed E-state index contributed by atoms with van der Waals surface area (Å²) in [6.45, 7) is 2.32. The Morgan fingerprint density at radius 3 is 2.41 bits per heavy atom. The highest BCUT2D eigenvalue weighted by Crippen LogP contribution is 2.33. The first-order valence-corrected chi connectivity index (χ1v) is 10.3. The largest absolute Gasteiger partial charge is 0.362 e. The average molecular weight is 419 g/mol. The Morgan fingerprint density at radius 1 is 0.938 bits per heavy atom. The van der Waals surface area contributed by atoms with Crippen molar-refractivity contribution in [2.45, 2.75) is 19.6 Å². The fourth-order valence-corrected chi connectivity index (χ4v) is 3.82. The van der Waals surface area contributed by atoms with Gasteiger partial charge in [0, 0.05) is 12.6 Å². The Morgan fingerprint density at radius 2 is 1.69 bits per heavy atom. The zero-order chi connectivity index (χ0) is 22.5. The zero-order valence-corrected chi connectivity index (χ0v) is 18.0. The van der Waals surface area contributed by atoms with E-state index in [1.54, 1.807) is 18.6 Å². The maximum Gasteiger partial charge on any atom is 0.124 e. The molecule has 32 heavy (non-hydrogen) atoms. The molecular weight excluding hydrogens is 396 g/mol. The van der Waals surface area contributed by atoms with Crippen molar-refractivity contribution in [3.8, 4) is 23.3 Å². The van der Waals surface area contributed by atoms with Crippen molar-refractivity contribution in [1.82, 2.24) is 9.55 Å². The van der Waals surface area contributed by atoms with Crippen LogP contribution in [0.4, 0.5) is 0 Å². The van der Waals surface area contributed by atoms with Crippen molar-refractivity contribution in [3.63, 3.8) is 0 Å². The van der Waals surface area contributed by atoms with Crippen LogP contribution in [0.1, 0.15) is 39.6 Å². The molecular formula is C27H22N4O. The van der Waals surface area contributed by atoms with Crippen molar-refractivity contribution in [2.75, 3.05) is 0 Å². The van der Waals surface area contributed by atoms with E-state index in [2.05, 4.69) is 17.1 Å². The molecule has 0 saturated carbocycles. The number of hydrogen-bond donors (Lipinski definition) is 0. The Bertz CT molecular complexity index is 1340. The predicted molar refractivity (Wildman–Crippen MR) is 122 cm³/mol. The van der Waals surface area contributed by atoms with Gasteiger partial charge in [-0.15, -0.1) is 0 Å². The third-order valence-corrected chi connectivity index (χ3v) is 5.57. The van der Waals surface area contributed by atoms with Gasteiger partial charge >= 0.3 is 0 Å². The Hall–Kier alpha value is -4.19. The molecule has 1 heterocycles. The molecule has 1 atom stereocenters. The fourth-order valence-electron chi connectivity index (χ4n) is 3.82. The molecule has 0 bridgehead atoms. The molecule has 0 aliphatic heterocycles. The van der Waals surface area contributed by atoms with E-state index in [1.165, 1.54) is 0 Å². The maximum absolute atomic E-state index is 9.71. The van der Waals surface area contributed by atoms with Gasteiger partial charge in [0.15, 0.2) is 0 Å². The third kappa shape index (κ3) is 4.16. The van der Waals surface area contributed by atoms with Crippen LogP contribution >= 0.6 is 0 Å². The summed E-state index contributed by atoms with van der Waals surface area (Å²) >= 11 is 0. The van der Waals surface area contributed by atoms with Crippen molar-refractivity contribution in [2.24, 2.45) is 7.05 Å². The molecule has 0 spiro atoms. The van der Waals surface area contributed by atoms with Crippen molar-refractivity contribution in [1.29, 1.82) is 10.5 Å². The van der Waals surface area contributed by atoms with E-state index in [0.29, 0.717) is 11.1 Å². The number of hydrogen-bond acceptors (Lipinski definition) is 4. The second-order valence-corrected chi connectivity index (χ2v) is 7.62. The molecule has 0 fully saturated rings. The summed E-state index contributed by atoms with van der Waals surface area (Å²) in [5, 5.41) is 19.1. The van der Waals surface area contributed by atoms with Crippen LogP contribution in [0.15, 0.2) is 79.3 Å². The summed E-state index contributed by atoms with van der Waals surface area (Å²) in [6.07, 6.45) is 3.11. The lowest BCUT2D eigenvalue weighted by Crippen LogP contribution is -2.11. The summed E-state index contributed by atoms with van der Waals surface area (Å²) in [5.41, 5.74) is 6.83. The summed E-state index contributed by atoms with van der Waals surface area (Å²) in [6, 6.07) is 25.8. The van der Waals surface area contributed by atoms with Crippen LogP contribution in [-0.4, -0.2) is 9.55 Å². The number of nitriles is 2. The topological polar surface area (TPSA) is 74.6 Å². The van der Waals surface area contributed by atoms with E-state index in [9.17, 15) is 10.5 Å². The van der Waals surface area contributed by atoms with Gasteiger partial charge in [0.2, 0.25) is 0 Å². The van der Waals surface area contributed by atoms with Crippen LogP contribution in [0.3, 0.4) is 0 Å². The van der Waals surface area contributed by atoms with E-state index in [4.69, 9.17) is 4.74 Å². The molecule has 5 nitrogen and oxygen atoms in total. The third-order valence-electron chi connectivity index (χ3n) is 5.57. The van der Waals surface area contributed by atoms with E-state index in [0.717, 1.165) is 33.5 Å². The number of aromatic nitrogens is 2. The predicted octanol–water partition coefficient (Wildman–Crippen LogP) is 5.45. The average Bonchev–Trinajstić information content (AvgIpc) is 3.25. The minimum absolute atomic E-state index is 0.277. The zero-order valence-electron chi connectivity index (χ0n) is 18.0. The molecule has 4 aromatic rings. The van der Waals surface area contributed by atoms with Gasteiger partial charge in [0.05, 0.1) is 48.1 Å². The minimum Gasteiger partial charge on any atom is -0.362 e. The van der Waals surface area contributed by atoms with Crippen molar-refractivity contribution < 1.29 is 4.74 Å². The van der Waals surface area contributed by atoms with Crippen LogP contribution in [0, 0.1) is 29.6 Å². The van der Waals surface area contributed by atoms with E-state index in [-0.39, 0.29) is 6.61 Å². The second kappa shape index (κ2) is 9.31.